The Morgan fingerprint density at radius 1 is 1.23 bits per heavy atom. The number of aromatic nitrogens is 1. The van der Waals surface area contributed by atoms with Crippen molar-refractivity contribution in [1.29, 1.82) is 0 Å². The van der Waals surface area contributed by atoms with Crippen LogP contribution in [0.3, 0.4) is 0 Å². The largest absolute Gasteiger partial charge is 0.381 e. The Bertz CT molecular complexity index is 641. The average Bonchev–Trinajstić information content (AvgIpc) is 3.49. The number of carbonyl (C=O) groups excluding carboxylic acids is 1. The number of hydrogen-bond donors (Lipinski definition) is 0. The summed E-state index contributed by atoms with van der Waals surface area (Å²) in [4.78, 5) is 17.4. The lowest BCUT2D eigenvalue weighted by Gasteiger charge is -2.30. The zero-order chi connectivity index (χ0) is 17.6. The molecule has 4 fully saturated rings. The lowest BCUT2D eigenvalue weighted by molar-refractivity contribution is 0.0529. The molecule has 2 aliphatic carbocycles. The summed E-state index contributed by atoms with van der Waals surface area (Å²) in [5.74, 6) is 2.32. The molecule has 2 saturated carbocycles. The second-order valence-corrected chi connectivity index (χ2v) is 9.07. The smallest absolute Gasteiger partial charge is 0.258 e. The van der Waals surface area contributed by atoms with Crippen LogP contribution in [-0.4, -0.2) is 66.8 Å². The molecule has 0 unspecified atom stereocenters. The monoisotopic (exact) mass is 359 g/mol. The summed E-state index contributed by atoms with van der Waals surface area (Å²) in [6.45, 7) is 6.95. The summed E-state index contributed by atoms with van der Waals surface area (Å²) in [7, 11) is 0. The van der Waals surface area contributed by atoms with Gasteiger partial charge in [-0.15, -0.1) is 0 Å². The van der Waals surface area contributed by atoms with Gasteiger partial charge in [-0.05, 0) is 43.9 Å². The minimum atomic E-state index is 0.0569. The summed E-state index contributed by atoms with van der Waals surface area (Å²) in [5, 5.41) is 3.68. The van der Waals surface area contributed by atoms with Crippen LogP contribution in [0.1, 0.15) is 42.5 Å². The summed E-state index contributed by atoms with van der Waals surface area (Å²) in [5.41, 5.74) is 0.766. The molecule has 1 amide bonds. The fourth-order valence-corrected chi connectivity index (χ4v) is 4.86. The molecule has 0 N–H and O–H groups in total. The first kappa shape index (κ1) is 16.8. The van der Waals surface area contributed by atoms with Crippen molar-refractivity contribution in [3.05, 3.63) is 18.0 Å². The Hall–Kier alpha value is -1.40. The molecule has 1 aromatic heterocycles. The lowest BCUT2D eigenvalue weighted by Crippen LogP contribution is -2.38. The van der Waals surface area contributed by atoms with Gasteiger partial charge in [0.05, 0.1) is 18.4 Å². The number of ether oxygens (including phenoxy) is 1. The van der Waals surface area contributed by atoms with Gasteiger partial charge in [-0.2, -0.15) is 0 Å². The highest BCUT2D eigenvalue weighted by atomic mass is 16.5. The van der Waals surface area contributed by atoms with E-state index < -0.39 is 0 Å². The van der Waals surface area contributed by atoms with Crippen LogP contribution in [0.15, 0.2) is 17.0 Å². The zero-order valence-electron chi connectivity index (χ0n) is 15.4. The Labute approximate surface area is 154 Å². The van der Waals surface area contributed by atoms with E-state index in [2.05, 4.69) is 10.1 Å². The van der Waals surface area contributed by atoms with Crippen LogP contribution in [-0.2, 0) is 4.74 Å². The second-order valence-electron chi connectivity index (χ2n) is 9.07. The number of rotatable bonds is 7. The first-order valence-electron chi connectivity index (χ1n) is 10.2. The highest BCUT2D eigenvalue weighted by molar-refractivity contribution is 5.93. The van der Waals surface area contributed by atoms with Gasteiger partial charge in [0.25, 0.3) is 5.91 Å². The molecule has 5 rings (SSSR count). The predicted octanol–water partition coefficient (Wildman–Crippen LogP) is 2.28. The summed E-state index contributed by atoms with van der Waals surface area (Å²) >= 11 is 0. The summed E-state index contributed by atoms with van der Waals surface area (Å²) < 4.78 is 11.0. The van der Waals surface area contributed by atoms with Crippen molar-refractivity contribution in [2.45, 2.75) is 32.1 Å². The Balaban J connectivity index is 1.26. The molecule has 142 valence electrons. The lowest BCUT2D eigenvalue weighted by atomic mass is 9.77. The third kappa shape index (κ3) is 3.41. The topological polar surface area (TPSA) is 58.8 Å². The van der Waals surface area contributed by atoms with Gasteiger partial charge in [0.2, 0.25) is 0 Å². The second kappa shape index (κ2) is 6.64. The van der Waals surface area contributed by atoms with E-state index in [9.17, 15) is 4.79 Å². The maximum absolute atomic E-state index is 12.7. The summed E-state index contributed by atoms with van der Waals surface area (Å²) in [6.07, 6.45) is 9.53. The van der Waals surface area contributed by atoms with Gasteiger partial charge < -0.3 is 19.1 Å². The fourth-order valence-electron chi connectivity index (χ4n) is 4.86. The molecule has 0 radical (unpaired) electrons. The normalized spacial score (nSPS) is 32.0. The molecule has 6 heteroatoms. The molecule has 2 atom stereocenters. The number of carbonyl (C=O) groups is 1. The van der Waals surface area contributed by atoms with E-state index in [0.29, 0.717) is 11.5 Å². The van der Waals surface area contributed by atoms with Crippen molar-refractivity contribution in [3.8, 4) is 0 Å². The first-order chi connectivity index (χ1) is 12.7. The van der Waals surface area contributed by atoms with Crippen LogP contribution in [0.5, 0.6) is 0 Å². The fraction of sp³-hybridized carbons (Fsp3) is 0.800. The van der Waals surface area contributed by atoms with Gasteiger partial charge in [0.15, 0.2) is 0 Å². The van der Waals surface area contributed by atoms with Gasteiger partial charge in [-0.3, -0.25) is 4.79 Å². The van der Waals surface area contributed by atoms with Crippen LogP contribution < -0.4 is 0 Å². The molecule has 2 saturated heterocycles. The SMILES string of the molecule is O=C(c1cnoc1)N1CC[C@@]2(CN(CC3CC3)C[C@H]2COCC2CC2)C1. The standard InChI is InChI=1S/C20H29N3O3/c24-19(17-7-21-26-11-17)23-6-5-20(14-23)13-22(8-15-1-2-15)9-18(20)12-25-10-16-3-4-16/h7,11,15-16,18H,1-6,8-10,12-14H2/t18-,20+/m0/s1. The summed E-state index contributed by atoms with van der Waals surface area (Å²) in [6, 6.07) is 0. The van der Waals surface area contributed by atoms with Crippen molar-refractivity contribution in [1.82, 2.24) is 15.0 Å². The minimum Gasteiger partial charge on any atom is -0.381 e. The highest BCUT2D eigenvalue weighted by Crippen LogP contribution is 2.46. The van der Waals surface area contributed by atoms with Crippen LogP contribution in [0.4, 0.5) is 0 Å². The molecular formula is C20H29N3O3. The quantitative estimate of drug-likeness (QED) is 0.747. The van der Waals surface area contributed by atoms with Crippen LogP contribution >= 0.6 is 0 Å². The molecule has 1 aromatic rings. The molecule has 2 aliphatic heterocycles. The van der Waals surface area contributed by atoms with E-state index >= 15 is 0 Å². The first-order valence-corrected chi connectivity index (χ1v) is 10.2. The number of nitrogens with zero attached hydrogens (tertiary/aromatic N) is 3. The maximum atomic E-state index is 12.7. The van der Waals surface area contributed by atoms with Gasteiger partial charge in [-0.25, -0.2) is 0 Å². The van der Waals surface area contributed by atoms with E-state index in [-0.39, 0.29) is 11.3 Å². The molecule has 0 aromatic carbocycles. The van der Waals surface area contributed by atoms with E-state index in [4.69, 9.17) is 9.26 Å². The molecular weight excluding hydrogens is 330 g/mol. The van der Waals surface area contributed by atoms with Crippen LogP contribution in [0.2, 0.25) is 0 Å². The van der Waals surface area contributed by atoms with Gasteiger partial charge in [0.1, 0.15) is 6.26 Å². The van der Waals surface area contributed by atoms with Crippen molar-refractivity contribution in [3.63, 3.8) is 0 Å². The van der Waals surface area contributed by atoms with Crippen molar-refractivity contribution < 1.29 is 14.1 Å². The number of likely N-dealkylation sites (tertiary alicyclic amines) is 2. The van der Waals surface area contributed by atoms with E-state index in [1.807, 2.05) is 4.90 Å². The average molecular weight is 359 g/mol. The minimum absolute atomic E-state index is 0.0569. The van der Waals surface area contributed by atoms with E-state index in [1.165, 1.54) is 44.7 Å². The molecule has 4 aliphatic rings. The molecule has 3 heterocycles. The van der Waals surface area contributed by atoms with Crippen molar-refractivity contribution in [2.24, 2.45) is 23.2 Å². The van der Waals surface area contributed by atoms with Crippen molar-refractivity contribution >= 4 is 5.91 Å². The van der Waals surface area contributed by atoms with Crippen LogP contribution in [0, 0.1) is 23.2 Å². The predicted molar refractivity (Wildman–Crippen MR) is 95.7 cm³/mol. The Morgan fingerprint density at radius 3 is 2.81 bits per heavy atom. The van der Waals surface area contributed by atoms with Crippen LogP contribution in [0.25, 0.3) is 0 Å². The maximum Gasteiger partial charge on any atom is 0.258 e. The number of hydrogen-bond acceptors (Lipinski definition) is 5. The zero-order valence-corrected chi connectivity index (χ0v) is 15.4. The molecule has 0 bridgehead atoms. The Kier molecular flexibility index (Phi) is 4.28. The van der Waals surface area contributed by atoms with E-state index in [0.717, 1.165) is 57.6 Å². The highest BCUT2D eigenvalue weighted by Gasteiger charge is 2.51. The van der Waals surface area contributed by atoms with E-state index in [1.54, 1.807) is 0 Å². The number of amides is 1. The third-order valence-corrected chi connectivity index (χ3v) is 6.82. The molecule has 1 spiro atoms. The Morgan fingerprint density at radius 2 is 2.08 bits per heavy atom. The van der Waals surface area contributed by atoms with Gasteiger partial charge >= 0.3 is 0 Å². The van der Waals surface area contributed by atoms with Gasteiger partial charge in [0, 0.05) is 50.7 Å². The third-order valence-electron chi connectivity index (χ3n) is 6.82. The molecule has 6 nitrogen and oxygen atoms in total. The van der Waals surface area contributed by atoms with Crippen molar-refractivity contribution in [2.75, 3.05) is 45.9 Å². The molecule has 26 heavy (non-hydrogen) atoms. The van der Waals surface area contributed by atoms with Gasteiger partial charge in [-0.1, -0.05) is 5.16 Å².